The zero-order valence-corrected chi connectivity index (χ0v) is 22.0. The number of hydrogen-bond acceptors (Lipinski definition) is 0. The molecule has 0 saturated carbocycles. The van der Waals surface area contributed by atoms with Crippen molar-refractivity contribution in [2.24, 2.45) is 0 Å². The fourth-order valence-electron chi connectivity index (χ4n) is 6.34. The molecule has 8 aromatic rings. The molecule has 0 fully saturated rings. The van der Waals surface area contributed by atoms with Gasteiger partial charge in [0.25, 0.3) is 0 Å². The molecule has 0 amide bonds. The molecule has 8 rings (SSSR count). The van der Waals surface area contributed by atoms with Crippen molar-refractivity contribution in [1.29, 1.82) is 0 Å². The van der Waals surface area contributed by atoms with Crippen molar-refractivity contribution in [3.63, 3.8) is 0 Å². The molecular formula is C40H26. The third kappa shape index (κ3) is 3.61. The van der Waals surface area contributed by atoms with Crippen LogP contribution in [0.4, 0.5) is 0 Å². The van der Waals surface area contributed by atoms with Crippen LogP contribution in [0, 0.1) is 0 Å². The molecule has 40 heavy (non-hydrogen) atoms. The van der Waals surface area contributed by atoms with Crippen LogP contribution in [0.15, 0.2) is 158 Å². The van der Waals surface area contributed by atoms with E-state index in [0.717, 1.165) is 0 Å². The molecule has 0 spiro atoms. The van der Waals surface area contributed by atoms with Crippen LogP contribution < -0.4 is 0 Å². The Morgan fingerprint density at radius 3 is 1.35 bits per heavy atom. The number of benzene rings is 8. The summed E-state index contributed by atoms with van der Waals surface area (Å²) in [5.41, 5.74) is 7.48. The number of hydrogen-bond donors (Lipinski definition) is 0. The van der Waals surface area contributed by atoms with Crippen LogP contribution in [0.1, 0.15) is 0 Å². The van der Waals surface area contributed by atoms with Gasteiger partial charge in [-0.2, -0.15) is 0 Å². The van der Waals surface area contributed by atoms with Gasteiger partial charge in [-0.05, 0) is 88.6 Å². The summed E-state index contributed by atoms with van der Waals surface area (Å²) in [6.07, 6.45) is 0. The third-order valence-corrected chi connectivity index (χ3v) is 8.25. The van der Waals surface area contributed by atoms with Crippen molar-refractivity contribution >= 4 is 43.1 Å². The monoisotopic (exact) mass is 506 g/mol. The molecule has 8 aromatic carbocycles. The Balaban J connectivity index is 1.40. The molecule has 0 N–H and O–H groups in total. The maximum atomic E-state index is 2.41. The highest BCUT2D eigenvalue weighted by Crippen LogP contribution is 2.43. The van der Waals surface area contributed by atoms with Crippen molar-refractivity contribution in [2.45, 2.75) is 0 Å². The van der Waals surface area contributed by atoms with Gasteiger partial charge in [0.05, 0.1) is 0 Å². The van der Waals surface area contributed by atoms with Crippen molar-refractivity contribution < 1.29 is 0 Å². The van der Waals surface area contributed by atoms with Gasteiger partial charge in [0.2, 0.25) is 0 Å². The summed E-state index contributed by atoms with van der Waals surface area (Å²) in [5.74, 6) is 0. The standard InChI is InChI=1S/C40H26/c1-3-11-27(12-4-1)28-19-21-29(22-20-28)31-23-24-36-38(25-31)32-15-7-8-16-33(32)39-26-37(30-13-5-2-6-14-30)34-17-9-10-18-35(34)40(36)39/h1-26H. The Hall–Kier alpha value is -5.20. The predicted molar refractivity (Wildman–Crippen MR) is 173 cm³/mol. The van der Waals surface area contributed by atoms with Gasteiger partial charge in [0.1, 0.15) is 0 Å². The van der Waals surface area contributed by atoms with Crippen LogP contribution in [0.3, 0.4) is 0 Å². The molecule has 0 unspecified atom stereocenters. The van der Waals surface area contributed by atoms with E-state index in [4.69, 9.17) is 0 Å². The first-order valence-corrected chi connectivity index (χ1v) is 13.9. The average molecular weight is 507 g/mol. The van der Waals surface area contributed by atoms with E-state index in [-0.39, 0.29) is 0 Å². The van der Waals surface area contributed by atoms with Crippen molar-refractivity contribution in [1.82, 2.24) is 0 Å². The number of fused-ring (bicyclic) bond motifs is 8. The lowest BCUT2D eigenvalue weighted by molar-refractivity contribution is 1.60. The van der Waals surface area contributed by atoms with Crippen molar-refractivity contribution in [3.05, 3.63) is 158 Å². The average Bonchev–Trinajstić information content (AvgIpc) is 3.05. The van der Waals surface area contributed by atoms with Gasteiger partial charge in [-0.3, -0.25) is 0 Å². The van der Waals surface area contributed by atoms with E-state index in [0.29, 0.717) is 0 Å². The zero-order valence-electron chi connectivity index (χ0n) is 22.0. The van der Waals surface area contributed by atoms with Gasteiger partial charge in [-0.15, -0.1) is 0 Å². The van der Waals surface area contributed by atoms with Gasteiger partial charge >= 0.3 is 0 Å². The van der Waals surface area contributed by atoms with E-state index in [9.17, 15) is 0 Å². The molecule has 0 heterocycles. The Bertz CT molecular complexity index is 2170. The zero-order chi connectivity index (χ0) is 26.5. The normalized spacial score (nSPS) is 11.5. The maximum absolute atomic E-state index is 2.41. The fraction of sp³-hybridized carbons (Fsp3) is 0. The summed E-state index contributed by atoms with van der Waals surface area (Å²) in [7, 11) is 0. The first-order chi connectivity index (χ1) is 19.8. The lowest BCUT2D eigenvalue weighted by atomic mass is 9.86. The fourth-order valence-corrected chi connectivity index (χ4v) is 6.34. The second-order valence-corrected chi connectivity index (χ2v) is 10.5. The van der Waals surface area contributed by atoms with Crippen LogP contribution in [0.5, 0.6) is 0 Å². The van der Waals surface area contributed by atoms with Gasteiger partial charge < -0.3 is 0 Å². The quantitative estimate of drug-likeness (QED) is 0.209. The molecule has 0 radical (unpaired) electrons. The third-order valence-electron chi connectivity index (χ3n) is 8.25. The first kappa shape index (κ1) is 22.8. The molecule has 0 heteroatoms. The summed E-state index contributed by atoms with van der Waals surface area (Å²) in [6, 6.07) is 57.4. The molecule has 186 valence electrons. The Labute approximate surface area is 233 Å². The molecule has 0 saturated heterocycles. The largest absolute Gasteiger partial charge is 0.0622 e. The Morgan fingerprint density at radius 2 is 0.675 bits per heavy atom. The molecular weight excluding hydrogens is 480 g/mol. The summed E-state index contributed by atoms with van der Waals surface area (Å²) in [5, 5.41) is 10.4. The molecule has 0 nitrogen and oxygen atoms in total. The second-order valence-electron chi connectivity index (χ2n) is 10.5. The van der Waals surface area contributed by atoms with Crippen LogP contribution in [0.25, 0.3) is 76.5 Å². The van der Waals surface area contributed by atoms with Crippen LogP contribution in [-0.4, -0.2) is 0 Å². The molecule has 0 bridgehead atoms. The topological polar surface area (TPSA) is 0 Å². The lowest BCUT2D eigenvalue weighted by Gasteiger charge is -2.17. The molecule has 0 aliphatic rings. The van der Waals surface area contributed by atoms with Crippen LogP contribution >= 0.6 is 0 Å². The minimum Gasteiger partial charge on any atom is -0.0622 e. The minimum atomic E-state index is 1.23. The first-order valence-electron chi connectivity index (χ1n) is 13.9. The summed E-state index contributed by atoms with van der Waals surface area (Å²) in [4.78, 5) is 0. The van der Waals surface area contributed by atoms with E-state index in [1.165, 1.54) is 76.5 Å². The molecule has 0 aliphatic carbocycles. The van der Waals surface area contributed by atoms with Gasteiger partial charge in [0, 0.05) is 0 Å². The Kier molecular flexibility index (Phi) is 5.24. The van der Waals surface area contributed by atoms with Crippen molar-refractivity contribution in [3.8, 4) is 33.4 Å². The van der Waals surface area contributed by atoms with E-state index in [1.54, 1.807) is 0 Å². The SMILES string of the molecule is c1ccc(-c2ccc(-c3ccc4c(c3)c3ccccc3c3cc(-c5ccccc5)c5ccccc5c43)cc2)cc1. The summed E-state index contributed by atoms with van der Waals surface area (Å²) >= 11 is 0. The highest BCUT2D eigenvalue weighted by Gasteiger charge is 2.15. The van der Waals surface area contributed by atoms with Gasteiger partial charge in [-0.25, -0.2) is 0 Å². The van der Waals surface area contributed by atoms with E-state index in [2.05, 4.69) is 158 Å². The van der Waals surface area contributed by atoms with E-state index in [1.807, 2.05) is 0 Å². The predicted octanol–water partition coefficient (Wildman–Crippen LogP) is 11.3. The minimum absolute atomic E-state index is 1.23. The summed E-state index contributed by atoms with van der Waals surface area (Å²) < 4.78 is 0. The summed E-state index contributed by atoms with van der Waals surface area (Å²) in [6.45, 7) is 0. The lowest BCUT2D eigenvalue weighted by Crippen LogP contribution is -1.89. The smallest absolute Gasteiger partial charge is 0.00199 e. The molecule has 0 atom stereocenters. The van der Waals surface area contributed by atoms with E-state index >= 15 is 0 Å². The van der Waals surface area contributed by atoms with Gasteiger partial charge in [-0.1, -0.05) is 146 Å². The highest BCUT2D eigenvalue weighted by molar-refractivity contribution is 6.33. The van der Waals surface area contributed by atoms with Crippen LogP contribution in [0.2, 0.25) is 0 Å². The van der Waals surface area contributed by atoms with Crippen LogP contribution in [-0.2, 0) is 0 Å². The number of rotatable bonds is 3. The molecule has 0 aliphatic heterocycles. The highest BCUT2D eigenvalue weighted by atomic mass is 14.2. The Morgan fingerprint density at radius 1 is 0.225 bits per heavy atom. The van der Waals surface area contributed by atoms with Crippen molar-refractivity contribution in [2.75, 3.05) is 0 Å². The second kappa shape index (κ2) is 9.22. The molecule has 0 aromatic heterocycles. The van der Waals surface area contributed by atoms with E-state index < -0.39 is 0 Å². The maximum Gasteiger partial charge on any atom is -0.00199 e. The van der Waals surface area contributed by atoms with Gasteiger partial charge in [0.15, 0.2) is 0 Å².